The van der Waals surface area contributed by atoms with Crippen LogP contribution in [0.5, 0.6) is 11.5 Å². The molecule has 3 heteroatoms. The minimum Gasteiger partial charge on any atom is -0.486 e. The van der Waals surface area contributed by atoms with Gasteiger partial charge in [-0.1, -0.05) is 12.1 Å². The number of ether oxygens (including phenoxy) is 2. The van der Waals surface area contributed by atoms with Crippen molar-refractivity contribution in [3.8, 4) is 22.6 Å². The zero-order valence-electron chi connectivity index (χ0n) is 8.72. The number of aromatic nitrogens is 1. The molecular formula is C13H11NO2. The molecule has 3 rings (SSSR count). The lowest BCUT2D eigenvalue weighted by Gasteiger charge is -2.20. The Kier molecular flexibility index (Phi) is 2.22. The van der Waals surface area contributed by atoms with Gasteiger partial charge in [0, 0.05) is 18.0 Å². The lowest BCUT2D eigenvalue weighted by atomic mass is 10.1. The van der Waals surface area contributed by atoms with Crippen LogP contribution < -0.4 is 9.47 Å². The fourth-order valence-electron chi connectivity index (χ4n) is 1.83. The Morgan fingerprint density at radius 2 is 1.75 bits per heavy atom. The van der Waals surface area contributed by atoms with Gasteiger partial charge in [0.05, 0.1) is 0 Å². The van der Waals surface area contributed by atoms with Crippen molar-refractivity contribution in [2.45, 2.75) is 0 Å². The van der Waals surface area contributed by atoms with Crippen molar-refractivity contribution in [3.63, 3.8) is 0 Å². The number of hydrogen-bond donors (Lipinski definition) is 0. The van der Waals surface area contributed by atoms with Crippen LogP contribution in [0.1, 0.15) is 0 Å². The topological polar surface area (TPSA) is 31.4 Å². The summed E-state index contributed by atoms with van der Waals surface area (Å²) >= 11 is 0. The first-order valence-corrected chi connectivity index (χ1v) is 5.24. The van der Waals surface area contributed by atoms with Crippen molar-refractivity contribution >= 4 is 0 Å². The molecule has 1 aliphatic heterocycles. The van der Waals surface area contributed by atoms with Crippen molar-refractivity contribution in [2.75, 3.05) is 13.2 Å². The summed E-state index contributed by atoms with van der Waals surface area (Å²) in [6, 6.07) is 9.87. The van der Waals surface area contributed by atoms with E-state index in [-0.39, 0.29) is 0 Å². The molecule has 1 aliphatic rings. The van der Waals surface area contributed by atoms with Gasteiger partial charge >= 0.3 is 0 Å². The highest BCUT2D eigenvalue weighted by molar-refractivity contribution is 5.73. The van der Waals surface area contributed by atoms with E-state index in [9.17, 15) is 0 Å². The van der Waals surface area contributed by atoms with Gasteiger partial charge in [-0.05, 0) is 23.8 Å². The maximum atomic E-state index is 5.66. The van der Waals surface area contributed by atoms with Crippen LogP contribution in [0, 0.1) is 0 Å². The summed E-state index contributed by atoms with van der Waals surface area (Å²) in [4.78, 5) is 4.01. The molecule has 0 atom stereocenters. The Hall–Kier alpha value is -2.03. The van der Waals surface area contributed by atoms with Crippen LogP contribution in [-0.2, 0) is 0 Å². The standard InChI is InChI=1S/C13H11NO2/c1-2-11(10-4-6-14-7-5-10)13-12(3-1)15-8-9-16-13/h1-7H,8-9H2. The molecule has 0 N–H and O–H groups in total. The van der Waals surface area contributed by atoms with Gasteiger partial charge in [0.25, 0.3) is 0 Å². The number of para-hydroxylation sites is 1. The molecule has 0 saturated carbocycles. The Morgan fingerprint density at radius 3 is 2.62 bits per heavy atom. The van der Waals surface area contributed by atoms with Crippen LogP contribution in [0.3, 0.4) is 0 Å². The highest BCUT2D eigenvalue weighted by Gasteiger charge is 2.16. The smallest absolute Gasteiger partial charge is 0.169 e. The second-order valence-electron chi connectivity index (χ2n) is 3.57. The average Bonchev–Trinajstić information content (AvgIpc) is 2.39. The van der Waals surface area contributed by atoms with Crippen molar-refractivity contribution < 1.29 is 9.47 Å². The molecule has 3 nitrogen and oxygen atoms in total. The summed E-state index contributed by atoms with van der Waals surface area (Å²) in [6.45, 7) is 1.22. The lowest BCUT2D eigenvalue weighted by Crippen LogP contribution is -2.15. The maximum Gasteiger partial charge on any atom is 0.169 e. The van der Waals surface area contributed by atoms with Crippen LogP contribution in [0.25, 0.3) is 11.1 Å². The van der Waals surface area contributed by atoms with Gasteiger partial charge in [-0.25, -0.2) is 0 Å². The third-order valence-electron chi connectivity index (χ3n) is 2.56. The number of hydrogen-bond acceptors (Lipinski definition) is 3. The molecule has 1 aromatic carbocycles. The predicted octanol–water partition coefficient (Wildman–Crippen LogP) is 2.52. The third-order valence-corrected chi connectivity index (χ3v) is 2.56. The summed E-state index contributed by atoms with van der Waals surface area (Å²) in [5, 5.41) is 0. The molecule has 1 aromatic heterocycles. The summed E-state index contributed by atoms with van der Waals surface area (Å²) in [7, 11) is 0. The fraction of sp³-hybridized carbons (Fsp3) is 0.154. The van der Waals surface area contributed by atoms with Crippen molar-refractivity contribution in [3.05, 3.63) is 42.7 Å². The molecule has 16 heavy (non-hydrogen) atoms. The molecule has 0 amide bonds. The van der Waals surface area contributed by atoms with Crippen LogP contribution in [0.4, 0.5) is 0 Å². The van der Waals surface area contributed by atoms with Crippen LogP contribution in [0.15, 0.2) is 42.7 Å². The largest absolute Gasteiger partial charge is 0.486 e. The van der Waals surface area contributed by atoms with Gasteiger partial charge in [0.1, 0.15) is 13.2 Å². The quantitative estimate of drug-likeness (QED) is 0.729. The average molecular weight is 213 g/mol. The molecule has 0 fully saturated rings. The highest BCUT2D eigenvalue weighted by atomic mass is 16.6. The fourth-order valence-corrected chi connectivity index (χ4v) is 1.83. The monoisotopic (exact) mass is 213 g/mol. The molecule has 0 unspecified atom stereocenters. The zero-order valence-corrected chi connectivity index (χ0v) is 8.72. The number of pyridine rings is 1. The third kappa shape index (κ3) is 1.50. The molecule has 0 saturated heterocycles. The summed E-state index contributed by atoms with van der Waals surface area (Å²) in [5.74, 6) is 1.65. The van der Waals surface area contributed by atoms with E-state index < -0.39 is 0 Å². The molecule has 80 valence electrons. The van der Waals surface area contributed by atoms with Gasteiger partial charge in [0.15, 0.2) is 11.5 Å². The molecule has 2 aromatic rings. The van der Waals surface area contributed by atoms with Crippen LogP contribution in [-0.4, -0.2) is 18.2 Å². The first kappa shape index (κ1) is 9.21. The minimum absolute atomic E-state index is 0.606. The lowest BCUT2D eigenvalue weighted by molar-refractivity contribution is 0.172. The number of benzene rings is 1. The van der Waals surface area contributed by atoms with Gasteiger partial charge < -0.3 is 9.47 Å². The van der Waals surface area contributed by atoms with E-state index in [0.717, 1.165) is 22.6 Å². The Balaban J connectivity index is 2.14. The van der Waals surface area contributed by atoms with Gasteiger partial charge in [0.2, 0.25) is 0 Å². The Labute approximate surface area is 93.7 Å². The number of rotatable bonds is 1. The van der Waals surface area contributed by atoms with E-state index in [4.69, 9.17) is 9.47 Å². The Bertz CT molecular complexity index is 497. The predicted molar refractivity (Wildman–Crippen MR) is 60.7 cm³/mol. The zero-order chi connectivity index (χ0) is 10.8. The van der Waals surface area contributed by atoms with Gasteiger partial charge in [-0.2, -0.15) is 0 Å². The number of fused-ring (bicyclic) bond motifs is 1. The van der Waals surface area contributed by atoms with Crippen molar-refractivity contribution in [1.82, 2.24) is 4.98 Å². The second kappa shape index (κ2) is 3.85. The summed E-state index contributed by atoms with van der Waals surface area (Å²) < 4.78 is 11.2. The Morgan fingerprint density at radius 1 is 0.938 bits per heavy atom. The van der Waals surface area contributed by atoms with E-state index in [1.807, 2.05) is 30.3 Å². The summed E-state index contributed by atoms with van der Waals surface area (Å²) in [5.41, 5.74) is 2.15. The van der Waals surface area contributed by atoms with E-state index in [1.54, 1.807) is 12.4 Å². The van der Waals surface area contributed by atoms with Crippen LogP contribution >= 0.6 is 0 Å². The summed E-state index contributed by atoms with van der Waals surface area (Å²) in [6.07, 6.45) is 3.55. The van der Waals surface area contributed by atoms with Crippen LogP contribution in [0.2, 0.25) is 0 Å². The van der Waals surface area contributed by atoms with Gasteiger partial charge in [-0.15, -0.1) is 0 Å². The minimum atomic E-state index is 0.606. The molecule has 0 spiro atoms. The van der Waals surface area contributed by atoms with E-state index in [2.05, 4.69) is 4.98 Å². The second-order valence-corrected chi connectivity index (χ2v) is 3.57. The highest BCUT2D eigenvalue weighted by Crippen LogP contribution is 2.39. The van der Waals surface area contributed by atoms with Gasteiger partial charge in [-0.3, -0.25) is 4.98 Å². The molecule has 0 bridgehead atoms. The normalized spacial score (nSPS) is 13.5. The van der Waals surface area contributed by atoms with E-state index >= 15 is 0 Å². The first-order valence-electron chi connectivity index (χ1n) is 5.24. The van der Waals surface area contributed by atoms with E-state index in [1.165, 1.54) is 0 Å². The number of nitrogens with zero attached hydrogens (tertiary/aromatic N) is 1. The molecule has 0 aliphatic carbocycles. The first-order chi connectivity index (χ1) is 7.95. The SMILES string of the molecule is c1cc2c(c(-c3ccncc3)c1)OCCO2. The molecule has 2 heterocycles. The molecule has 0 radical (unpaired) electrons. The maximum absolute atomic E-state index is 5.66. The molecular weight excluding hydrogens is 202 g/mol. The van der Waals surface area contributed by atoms with Crippen molar-refractivity contribution in [1.29, 1.82) is 0 Å². The van der Waals surface area contributed by atoms with E-state index in [0.29, 0.717) is 13.2 Å². The van der Waals surface area contributed by atoms with Crippen molar-refractivity contribution in [2.24, 2.45) is 0 Å².